The molecule has 158 valence electrons. The molecule has 0 spiro atoms. The maximum absolute atomic E-state index is 13.1. The number of nitrogens with two attached hydrogens (primary N) is 1. The molecule has 30 heavy (non-hydrogen) atoms. The number of nitrogens with zero attached hydrogens (tertiary/aromatic N) is 3. The van der Waals surface area contributed by atoms with E-state index >= 15 is 0 Å². The van der Waals surface area contributed by atoms with Crippen LogP contribution in [-0.2, 0) is 17.9 Å². The number of halogens is 1. The highest BCUT2D eigenvalue weighted by Gasteiger charge is 2.42. The Morgan fingerprint density at radius 1 is 1.07 bits per heavy atom. The monoisotopic (exact) mass is 426 g/mol. The second-order valence-electron chi connectivity index (χ2n) is 8.17. The number of imidazole rings is 1. The van der Waals surface area contributed by atoms with Crippen molar-refractivity contribution < 1.29 is 9.53 Å². The Balaban J connectivity index is 0.00000218. The third-order valence-electron chi connectivity index (χ3n) is 6.40. The zero-order valence-electron chi connectivity index (χ0n) is 16.8. The van der Waals surface area contributed by atoms with Crippen LogP contribution in [0.1, 0.15) is 18.7 Å². The molecule has 1 saturated heterocycles. The van der Waals surface area contributed by atoms with Gasteiger partial charge in [-0.05, 0) is 48.9 Å². The standard InChI is InChI=1S/C23H26N4O2.ClH/c24-19-11-10-16-12-26(13-18(16)19)23(28)14-27-21-9-5-4-8-20(21)25-22(27)15-29-17-6-2-1-3-7-17;/h1-9,16,18-19H,10-15,24H2;1H. The van der Waals surface area contributed by atoms with Gasteiger partial charge in [0, 0.05) is 19.1 Å². The van der Waals surface area contributed by atoms with Crippen LogP contribution in [0.2, 0.25) is 0 Å². The summed E-state index contributed by atoms with van der Waals surface area (Å²) in [6.45, 7) is 2.22. The van der Waals surface area contributed by atoms with Gasteiger partial charge >= 0.3 is 0 Å². The van der Waals surface area contributed by atoms with Crippen LogP contribution in [0.25, 0.3) is 11.0 Å². The largest absolute Gasteiger partial charge is 0.486 e. The van der Waals surface area contributed by atoms with Gasteiger partial charge in [-0.15, -0.1) is 12.4 Å². The highest BCUT2D eigenvalue weighted by Crippen LogP contribution is 2.37. The number of carbonyl (C=O) groups is 1. The minimum Gasteiger partial charge on any atom is -0.486 e. The highest BCUT2D eigenvalue weighted by molar-refractivity contribution is 5.85. The molecule has 1 aromatic heterocycles. The number of para-hydroxylation sites is 3. The van der Waals surface area contributed by atoms with E-state index in [-0.39, 0.29) is 30.9 Å². The number of rotatable bonds is 5. The fourth-order valence-corrected chi connectivity index (χ4v) is 4.82. The van der Waals surface area contributed by atoms with Gasteiger partial charge in [-0.1, -0.05) is 30.3 Å². The minimum atomic E-state index is 0. The topological polar surface area (TPSA) is 73.4 Å². The molecule has 2 heterocycles. The summed E-state index contributed by atoms with van der Waals surface area (Å²) in [5.74, 6) is 2.71. The van der Waals surface area contributed by atoms with Crippen molar-refractivity contribution in [3.63, 3.8) is 0 Å². The van der Waals surface area contributed by atoms with Crippen molar-refractivity contribution >= 4 is 29.3 Å². The molecule has 1 aliphatic carbocycles. The van der Waals surface area contributed by atoms with Crippen LogP contribution < -0.4 is 10.5 Å². The molecule has 5 rings (SSSR count). The smallest absolute Gasteiger partial charge is 0.242 e. The molecule has 3 unspecified atom stereocenters. The quantitative estimate of drug-likeness (QED) is 0.679. The number of benzene rings is 2. The van der Waals surface area contributed by atoms with Crippen molar-refractivity contribution in [2.24, 2.45) is 17.6 Å². The predicted octanol–water partition coefficient (Wildman–Crippen LogP) is 3.23. The molecule has 1 saturated carbocycles. The lowest BCUT2D eigenvalue weighted by molar-refractivity contribution is -0.131. The lowest BCUT2D eigenvalue weighted by Gasteiger charge is -2.20. The van der Waals surface area contributed by atoms with Gasteiger partial charge in [0.15, 0.2) is 0 Å². The molecule has 2 aliphatic rings. The molecule has 1 aliphatic heterocycles. The Bertz CT molecular complexity index is 1020. The highest BCUT2D eigenvalue weighted by atomic mass is 35.5. The molecular formula is C23H27ClN4O2. The van der Waals surface area contributed by atoms with Gasteiger partial charge < -0.3 is 19.9 Å². The van der Waals surface area contributed by atoms with Crippen molar-refractivity contribution in [2.75, 3.05) is 13.1 Å². The Morgan fingerprint density at radius 3 is 2.63 bits per heavy atom. The number of hydrogen-bond donors (Lipinski definition) is 1. The van der Waals surface area contributed by atoms with Gasteiger partial charge in [-0.3, -0.25) is 4.79 Å². The SMILES string of the molecule is Cl.NC1CCC2CN(C(=O)Cn3c(COc4ccccc4)nc4ccccc43)CC12. The molecular weight excluding hydrogens is 400 g/mol. The zero-order valence-corrected chi connectivity index (χ0v) is 17.6. The summed E-state index contributed by atoms with van der Waals surface area (Å²) in [6.07, 6.45) is 2.23. The van der Waals surface area contributed by atoms with Crippen LogP contribution in [0.5, 0.6) is 5.75 Å². The summed E-state index contributed by atoms with van der Waals surface area (Å²) >= 11 is 0. The van der Waals surface area contributed by atoms with Gasteiger partial charge in [0.2, 0.25) is 5.91 Å². The summed E-state index contributed by atoms with van der Waals surface area (Å²) in [6, 6.07) is 17.8. The van der Waals surface area contributed by atoms with E-state index in [4.69, 9.17) is 15.5 Å². The summed E-state index contributed by atoms with van der Waals surface area (Å²) < 4.78 is 7.91. The van der Waals surface area contributed by atoms with E-state index in [9.17, 15) is 4.79 Å². The lowest BCUT2D eigenvalue weighted by atomic mass is 9.98. The van der Waals surface area contributed by atoms with Gasteiger partial charge in [0.1, 0.15) is 24.7 Å². The average molecular weight is 427 g/mol. The average Bonchev–Trinajstić information content (AvgIpc) is 3.42. The number of carbonyl (C=O) groups excluding carboxylic acids is 1. The molecule has 6 nitrogen and oxygen atoms in total. The second-order valence-corrected chi connectivity index (χ2v) is 8.17. The Hall–Kier alpha value is -2.57. The lowest BCUT2D eigenvalue weighted by Crippen LogP contribution is -2.35. The van der Waals surface area contributed by atoms with Crippen LogP contribution in [0.3, 0.4) is 0 Å². The third kappa shape index (κ3) is 3.89. The molecule has 2 fully saturated rings. The summed E-state index contributed by atoms with van der Waals surface area (Å²) in [4.78, 5) is 19.8. The van der Waals surface area contributed by atoms with Crippen LogP contribution in [-0.4, -0.2) is 39.5 Å². The molecule has 3 aromatic rings. The van der Waals surface area contributed by atoms with Crippen LogP contribution in [0.4, 0.5) is 0 Å². The maximum atomic E-state index is 13.1. The van der Waals surface area contributed by atoms with E-state index in [0.29, 0.717) is 18.4 Å². The molecule has 3 atom stereocenters. The van der Waals surface area contributed by atoms with Gasteiger partial charge in [-0.2, -0.15) is 0 Å². The third-order valence-corrected chi connectivity index (χ3v) is 6.40. The Kier molecular flexibility index (Phi) is 5.97. The summed E-state index contributed by atoms with van der Waals surface area (Å²) in [5, 5.41) is 0. The van der Waals surface area contributed by atoms with E-state index in [0.717, 1.165) is 48.5 Å². The van der Waals surface area contributed by atoms with E-state index < -0.39 is 0 Å². The van der Waals surface area contributed by atoms with E-state index in [1.54, 1.807) is 0 Å². The molecule has 2 aromatic carbocycles. The number of fused-ring (bicyclic) bond motifs is 2. The first-order valence-electron chi connectivity index (χ1n) is 10.3. The normalized spacial score (nSPS) is 22.7. The van der Waals surface area contributed by atoms with Crippen molar-refractivity contribution in [1.29, 1.82) is 0 Å². The first-order valence-corrected chi connectivity index (χ1v) is 10.3. The number of likely N-dealkylation sites (tertiary alicyclic amines) is 1. The number of hydrogen-bond acceptors (Lipinski definition) is 4. The minimum absolute atomic E-state index is 0. The molecule has 2 N–H and O–H groups in total. The van der Waals surface area contributed by atoms with Crippen LogP contribution >= 0.6 is 12.4 Å². The molecule has 7 heteroatoms. The van der Waals surface area contributed by atoms with Crippen molar-refractivity contribution in [2.45, 2.75) is 32.0 Å². The van der Waals surface area contributed by atoms with Gasteiger partial charge in [-0.25, -0.2) is 4.98 Å². The zero-order chi connectivity index (χ0) is 19.8. The number of amides is 1. The van der Waals surface area contributed by atoms with E-state index in [1.165, 1.54) is 0 Å². The molecule has 1 amide bonds. The molecule has 0 bridgehead atoms. The molecule has 0 radical (unpaired) electrons. The van der Waals surface area contributed by atoms with E-state index in [1.807, 2.05) is 64.1 Å². The van der Waals surface area contributed by atoms with Gasteiger partial charge in [0.25, 0.3) is 0 Å². The number of ether oxygens (including phenoxy) is 1. The first kappa shape index (κ1) is 20.7. The first-order chi connectivity index (χ1) is 14.2. The van der Waals surface area contributed by atoms with Gasteiger partial charge in [0.05, 0.1) is 11.0 Å². The van der Waals surface area contributed by atoms with Crippen molar-refractivity contribution in [3.05, 3.63) is 60.4 Å². The fraction of sp³-hybridized carbons (Fsp3) is 0.391. The number of aromatic nitrogens is 2. The fourth-order valence-electron chi connectivity index (χ4n) is 4.82. The van der Waals surface area contributed by atoms with Crippen molar-refractivity contribution in [3.8, 4) is 5.75 Å². The summed E-state index contributed by atoms with van der Waals surface area (Å²) in [7, 11) is 0. The summed E-state index contributed by atoms with van der Waals surface area (Å²) in [5.41, 5.74) is 8.09. The van der Waals surface area contributed by atoms with E-state index in [2.05, 4.69) is 0 Å². The van der Waals surface area contributed by atoms with Crippen LogP contribution in [0.15, 0.2) is 54.6 Å². The second kappa shape index (κ2) is 8.66. The van der Waals surface area contributed by atoms with Crippen LogP contribution in [0, 0.1) is 11.8 Å². The Labute approximate surface area is 182 Å². The predicted molar refractivity (Wildman–Crippen MR) is 119 cm³/mol. The Morgan fingerprint density at radius 2 is 1.83 bits per heavy atom. The maximum Gasteiger partial charge on any atom is 0.242 e. The van der Waals surface area contributed by atoms with Crippen molar-refractivity contribution in [1.82, 2.24) is 14.5 Å².